The second-order valence-corrected chi connectivity index (χ2v) is 8.67. The van der Waals surface area contributed by atoms with Crippen molar-refractivity contribution in [1.29, 1.82) is 0 Å². The molecule has 0 saturated heterocycles. The van der Waals surface area contributed by atoms with E-state index in [-0.39, 0.29) is 10.8 Å². The smallest absolute Gasteiger partial charge is 0.272 e. The summed E-state index contributed by atoms with van der Waals surface area (Å²) < 4.78 is 30.3. The lowest BCUT2D eigenvalue weighted by molar-refractivity contribution is 0.101. The summed E-state index contributed by atoms with van der Waals surface area (Å²) in [4.78, 5) is 12.8. The number of carbonyl (C=O) groups excluding carboxylic acids is 1. The van der Waals surface area contributed by atoms with Crippen molar-refractivity contribution in [3.05, 3.63) is 108 Å². The average molecular weight is 448 g/mol. The predicted octanol–water partition coefficient (Wildman–Crippen LogP) is 4.23. The molecule has 3 N–H and O–H groups in total. The molecule has 1 heterocycles. The van der Waals surface area contributed by atoms with Crippen LogP contribution < -0.4 is 15.2 Å². The lowest BCUT2D eigenvalue weighted by atomic mass is 10.2. The number of nitrogens with zero attached hydrogens (tertiary/aromatic N) is 1. The topological polar surface area (TPSA) is 103 Å². The zero-order valence-electron chi connectivity index (χ0n) is 17.0. The van der Waals surface area contributed by atoms with Gasteiger partial charge in [0.05, 0.1) is 4.90 Å². The van der Waals surface area contributed by atoms with E-state index in [9.17, 15) is 13.2 Å². The Bertz CT molecular complexity index is 1310. The van der Waals surface area contributed by atoms with E-state index in [4.69, 9.17) is 9.88 Å². The van der Waals surface area contributed by atoms with Crippen molar-refractivity contribution in [3.63, 3.8) is 0 Å². The summed E-state index contributed by atoms with van der Waals surface area (Å²) in [5.41, 5.74) is 2.29. The van der Waals surface area contributed by atoms with Crippen molar-refractivity contribution in [1.82, 2.24) is 4.57 Å². The molecule has 162 valence electrons. The van der Waals surface area contributed by atoms with E-state index in [0.717, 1.165) is 5.56 Å². The van der Waals surface area contributed by atoms with Crippen LogP contribution in [0, 0.1) is 0 Å². The van der Waals surface area contributed by atoms with Gasteiger partial charge in [-0.15, -0.1) is 0 Å². The molecule has 0 aliphatic rings. The highest BCUT2D eigenvalue weighted by Crippen LogP contribution is 2.24. The van der Waals surface area contributed by atoms with Crippen LogP contribution in [0.4, 0.5) is 5.69 Å². The van der Waals surface area contributed by atoms with E-state index in [2.05, 4.69) is 5.32 Å². The number of rotatable bonds is 7. The lowest BCUT2D eigenvalue weighted by Gasteiger charge is -2.11. The average Bonchev–Trinajstić information content (AvgIpc) is 3.24. The van der Waals surface area contributed by atoms with Crippen LogP contribution in [0.2, 0.25) is 0 Å². The van der Waals surface area contributed by atoms with Crippen LogP contribution in [0.3, 0.4) is 0 Å². The number of amides is 1. The molecular weight excluding hydrogens is 426 g/mol. The minimum absolute atomic E-state index is 0.0138. The summed E-state index contributed by atoms with van der Waals surface area (Å²) in [6.07, 6.45) is 1.88. The molecule has 8 heteroatoms. The van der Waals surface area contributed by atoms with Crippen molar-refractivity contribution in [2.45, 2.75) is 11.4 Å². The largest absolute Gasteiger partial charge is 0.457 e. The van der Waals surface area contributed by atoms with Gasteiger partial charge in [-0.05, 0) is 66.2 Å². The molecule has 4 aromatic rings. The zero-order chi connectivity index (χ0) is 22.6. The van der Waals surface area contributed by atoms with Crippen LogP contribution in [-0.4, -0.2) is 18.9 Å². The molecule has 0 aliphatic carbocycles. The van der Waals surface area contributed by atoms with Gasteiger partial charge in [0.25, 0.3) is 5.91 Å². The maximum atomic E-state index is 12.8. The number of primary sulfonamides is 1. The number of anilines is 1. The molecular formula is C24H21N3O4S. The van der Waals surface area contributed by atoms with Gasteiger partial charge >= 0.3 is 0 Å². The van der Waals surface area contributed by atoms with Gasteiger partial charge in [0.15, 0.2) is 0 Å². The first-order chi connectivity index (χ1) is 15.4. The van der Waals surface area contributed by atoms with Crippen molar-refractivity contribution in [2.24, 2.45) is 5.14 Å². The van der Waals surface area contributed by atoms with Gasteiger partial charge in [0.1, 0.15) is 17.2 Å². The molecule has 7 nitrogen and oxygen atoms in total. The highest BCUT2D eigenvalue weighted by Gasteiger charge is 2.12. The Morgan fingerprint density at radius 2 is 1.47 bits per heavy atom. The number of nitrogens with one attached hydrogen (secondary N) is 1. The monoisotopic (exact) mass is 447 g/mol. The highest BCUT2D eigenvalue weighted by molar-refractivity contribution is 7.89. The van der Waals surface area contributed by atoms with Crippen molar-refractivity contribution < 1.29 is 17.9 Å². The van der Waals surface area contributed by atoms with E-state index in [1.54, 1.807) is 30.3 Å². The van der Waals surface area contributed by atoms with Crippen LogP contribution in [0.5, 0.6) is 11.5 Å². The standard InChI is InChI=1S/C24H21N3O4S/c25-32(29,30)22-14-12-21(13-15-22)31-20-10-8-19(9-11-20)26-24(28)23-7-4-16-27(23)17-18-5-2-1-3-6-18/h1-16H,17H2,(H,26,28)(H2,25,29,30). The van der Waals surface area contributed by atoms with Crippen LogP contribution >= 0.6 is 0 Å². The Morgan fingerprint density at radius 3 is 2.09 bits per heavy atom. The first-order valence-corrected chi connectivity index (χ1v) is 11.3. The zero-order valence-corrected chi connectivity index (χ0v) is 17.8. The Labute approximate surface area is 186 Å². The number of benzene rings is 3. The lowest BCUT2D eigenvalue weighted by Crippen LogP contribution is -2.17. The fraction of sp³-hybridized carbons (Fsp3) is 0.0417. The fourth-order valence-corrected chi connectivity index (χ4v) is 3.69. The first kappa shape index (κ1) is 21.4. The van der Waals surface area contributed by atoms with E-state index in [1.165, 1.54) is 24.3 Å². The van der Waals surface area contributed by atoms with Crippen LogP contribution in [0.25, 0.3) is 0 Å². The minimum Gasteiger partial charge on any atom is -0.457 e. The molecule has 0 radical (unpaired) electrons. The van der Waals surface area contributed by atoms with Crippen LogP contribution in [0.1, 0.15) is 16.1 Å². The predicted molar refractivity (Wildman–Crippen MR) is 122 cm³/mol. The number of nitrogens with two attached hydrogens (primary N) is 1. The number of hydrogen-bond acceptors (Lipinski definition) is 4. The van der Waals surface area contributed by atoms with Gasteiger partial charge in [-0.25, -0.2) is 13.6 Å². The van der Waals surface area contributed by atoms with Crippen molar-refractivity contribution >= 4 is 21.6 Å². The maximum Gasteiger partial charge on any atom is 0.272 e. The third-order valence-corrected chi connectivity index (χ3v) is 5.69. The normalized spacial score (nSPS) is 11.2. The summed E-state index contributed by atoms with van der Waals surface area (Å²) in [7, 11) is -3.75. The number of carbonyl (C=O) groups is 1. The van der Waals surface area contributed by atoms with Gasteiger partial charge in [0, 0.05) is 18.4 Å². The van der Waals surface area contributed by atoms with E-state index in [0.29, 0.717) is 29.4 Å². The molecule has 0 atom stereocenters. The number of ether oxygens (including phenoxy) is 1. The van der Waals surface area contributed by atoms with Gasteiger partial charge in [-0.3, -0.25) is 4.79 Å². The number of hydrogen-bond donors (Lipinski definition) is 2. The summed E-state index contributed by atoms with van der Waals surface area (Å²) in [5, 5.41) is 7.98. The summed E-state index contributed by atoms with van der Waals surface area (Å²) in [5.74, 6) is 0.796. The second-order valence-electron chi connectivity index (χ2n) is 7.10. The van der Waals surface area contributed by atoms with Crippen LogP contribution in [-0.2, 0) is 16.6 Å². The SMILES string of the molecule is NS(=O)(=O)c1ccc(Oc2ccc(NC(=O)c3cccn3Cc3ccccc3)cc2)cc1. The molecule has 0 bridgehead atoms. The first-order valence-electron chi connectivity index (χ1n) is 9.80. The molecule has 1 aromatic heterocycles. The van der Waals surface area contributed by atoms with E-state index >= 15 is 0 Å². The third-order valence-electron chi connectivity index (χ3n) is 4.76. The molecule has 4 rings (SSSR count). The Morgan fingerprint density at radius 1 is 0.844 bits per heavy atom. The van der Waals surface area contributed by atoms with E-state index < -0.39 is 10.0 Å². The van der Waals surface area contributed by atoms with Gasteiger partial charge in [-0.1, -0.05) is 30.3 Å². The van der Waals surface area contributed by atoms with E-state index in [1.807, 2.05) is 47.2 Å². The molecule has 0 spiro atoms. The quantitative estimate of drug-likeness (QED) is 0.442. The number of aromatic nitrogens is 1. The second kappa shape index (κ2) is 9.09. The summed E-state index contributed by atoms with van der Waals surface area (Å²) >= 11 is 0. The van der Waals surface area contributed by atoms with Crippen LogP contribution in [0.15, 0.2) is 102 Å². The molecule has 1 amide bonds. The molecule has 0 saturated carbocycles. The molecule has 32 heavy (non-hydrogen) atoms. The Hall–Kier alpha value is -3.88. The molecule has 0 unspecified atom stereocenters. The summed E-state index contributed by atoms with van der Waals surface area (Å²) in [6.45, 7) is 0.605. The van der Waals surface area contributed by atoms with Gasteiger partial charge in [0.2, 0.25) is 10.0 Å². The third kappa shape index (κ3) is 5.23. The van der Waals surface area contributed by atoms with Crippen molar-refractivity contribution in [2.75, 3.05) is 5.32 Å². The number of sulfonamides is 1. The summed E-state index contributed by atoms with van der Waals surface area (Å²) in [6, 6.07) is 26.3. The maximum absolute atomic E-state index is 12.8. The minimum atomic E-state index is -3.75. The Balaban J connectivity index is 1.40. The van der Waals surface area contributed by atoms with Gasteiger partial charge < -0.3 is 14.6 Å². The highest BCUT2D eigenvalue weighted by atomic mass is 32.2. The van der Waals surface area contributed by atoms with Gasteiger partial charge in [-0.2, -0.15) is 0 Å². The Kier molecular flexibility index (Phi) is 6.07. The van der Waals surface area contributed by atoms with Crippen molar-refractivity contribution in [3.8, 4) is 11.5 Å². The molecule has 0 fully saturated rings. The molecule has 3 aromatic carbocycles. The molecule has 0 aliphatic heterocycles. The fourth-order valence-electron chi connectivity index (χ4n) is 3.17.